The first kappa shape index (κ1) is 16.4. The van der Waals surface area contributed by atoms with Gasteiger partial charge in [-0.25, -0.2) is 0 Å². The zero-order valence-electron chi connectivity index (χ0n) is 13.8. The fourth-order valence-corrected chi connectivity index (χ4v) is 3.14. The van der Waals surface area contributed by atoms with Crippen LogP contribution in [0.1, 0.15) is 11.3 Å². The number of rotatable bonds is 4. The van der Waals surface area contributed by atoms with Crippen molar-refractivity contribution in [2.75, 3.05) is 7.11 Å². The first-order valence-corrected chi connectivity index (χ1v) is 8.63. The van der Waals surface area contributed by atoms with Crippen molar-refractivity contribution in [2.24, 2.45) is 0 Å². The van der Waals surface area contributed by atoms with Gasteiger partial charge < -0.3 is 9.15 Å². The molecule has 0 fully saturated rings. The van der Waals surface area contributed by atoms with Crippen molar-refractivity contribution in [1.82, 2.24) is 14.8 Å². The van der Waals surface area contributed by atoms with E-state index in [-0.39, 0.29) is 5.69 Å². The van der Waals surface area contributed by atoms with Crippen LogP contribution in [-0.4, -0.2) is 21.9 Å². The number of methoxy groups -OCH3 is 1. The maximum atomic E-state index is 9.07. The Hall–Kier alpha value is -3.11. The third-order valence-corrected chi connectivity index (χ3v) is 4.64. The van der Waals surface area contributed by atoms with Crippen LogP contribution < -0.4 is 4.74 Å². The van der Waals surface area contributed by atoms with Gasteiger partial charge in [-0.1, -0.05) is 18.2 Å². The maximum Gasteiger partial charge on any atom is 0.229 e. The van der Waals surface area contributed by atoms with E-state index in [9.17, 15) is 0 Å². The van der Waals surface area contributed by atoms with E-state index in [1.165, 1.54) is 0 Å². The highest BCUT2D eigenvalue weighted by molar-refractivity contribution is 9.10. The average molecular weight is 409 g/mol. The van der Waals surface area contributed by atoms with E-state index in [0.29, 0.717) is 17.1 Å². The first-order chi connectivity index (χ1) is 12.7. The van der Waals surface area contributed by atoms with Crippen molar-refractivity contribution >= 4 is 26.8 Å². The van der Waals surface area contributed by atoms with Crippen molar-refractivity contribution in [3.63, 3.8) is 0 Å². The van der Waals surface area contributed by atoms with Gasteiger partial charge in [0.25, 0.3) is 0 Å². The van der Waals surface area contributed by atoms with Gasteiger partial charge in [-0.15, -0.1) is 0 Å². The molecule has 26 heavy (non-hydrogen) atoms. The molecule has 4 aromatic rings. The van der Waals surface area contributed by atoms with Crippen LogP contribution in [-0.2, 0) is 6.54 Å². The third-order valence-electron chi connectivity index (χ3n) is 4.10. The number of benzene rings is 2. The van der Waals surface area contributed by atoms with E-state index >= 15 is 0 Å². The van der Waals surface area contributed by atoms with Gasteiger partial charge in [0.1, 0.15) is 11.8 Å². The van der Waals surface area contributed by atoms with E-state index in [4.69, 9.17) is 14.4 Å². The van der Waals surface area contributed by atoms with E-state index < -0.39 is 0 Å². The number of ether oxygens (including phenoxy) is 1. The van der Waals surface area contributed by atoms with Crippen LogP contribution in [0.5, 0.6) is 5.75 Å². The number of oxazole rings is 1. The Kier molecular flexibility index (Phi) is 4.19. The molecule has 128 valence electrons. The van der Waals surface area contributed by atoms with Gasteiger partial charge in [-0.2, -0.15) is 15.3 Å². The summed E-state index contributed by atoms with van der Waals surface area (Å²) < 4.78 is 13.0. The molecule has 2 aromatic carbocycles. The minimum atomic E-state index is 0.225. The molecule has 0 saturated carbocycles. The Morgan fingerprint density at radius 1 is 1.23 bits per heavy atom. The molecule has 0 aliphatic rings. The molecule has 2 heterocycles. The van der Waals surface area contributed by atoms with Crippen LogP contribution in [0.25, 0.3) is 22.4 Å². The quantitative estimate of drug-likeness (QED) is 0.500. The lowest BCUT2D eigenvalue weighted by Gasteiger charge is -2.06. The largest absolute Gasteiger partial charge is 0.497 e. The molecule has 0 radical (unpaired) electrons. The van der Waals surface area contributed by atoms with Crippen LogP contribution in [0, 0.1) is 11.3 Å². The summed E-state index contributed by atoms with van der Waals surface area (Å²) in [6, 6.07) is 15.7. The fraction of sp³-hybridized carbons (Fsp3) is 0.105. The third kappa shape index (κ3) is 2.85. The molecule has 0 aliphatic carbocycles. The summed E-state index contributed by atoms with van der Waals surface area (Å²) in [4.78, 5) is 4.24. The first-order valence-electron chi connectivity index (χ1n) is 7.84. The Labute approximate surface area is 157 Å². The predicted octanol–water partition coefficient (Wildman–Crippen LogP) is 4.38. The molecule has 7 heteroatoms. The lowest BCUT2D eigenvalue weighted by atomic mass is 10.1. The minimum Gasteiger partial charge on any atom is -0.497 e. The van der Waals surface area contributed by atoms with E-state index in [2.05, 4.69) is 26.0 Å². The fourth-order valence-electron chi connectivity index (χ4n) is 2.81. The van der Waals surface area contributed by atoms with Crippen LogP contribution in [0.4, 0.5) is 0 Å². The SMILES string of the molecule is COc1ccc(Cn2ncc3c(-c4nc(C#N)c(Br)o4)cccc32)cc1. The summed E-state index contributed by atoms with van der Waals surface area (Å²) in [6.45, 7) is 0.635. The molecule has 0 aliphatic heterocycles. The molecule has 6 nitrogen and oxygen atoms in total. The zero-order valence-corrected chi connectivity index (χ0v) is 15.4. The predicted molar refractivity (Wildman–Crippen MR) is 99.7 cm³/mol. The molecule has 0 spiro atoms. The standard InChI is InChI=1S/C19H13BrN4O2/c1-25-13-7-5-12(6-8-13)11-24-17-4-2-3-14(15(17)10-22-24)19-23-16(9-21)18(20)26-19/h2-8,10H,11H2,1H3. The van der Waals surface area contributed by atoms with Gasteiger partial charge in [0.15, 0.2) is 5.69 Å². The van der Waals surface area contributed by atoms with Gasteiger partial charge in [0.2, 0.25) is 10.6 Å². The van der Waals surface area contributed by atoms with Gasteiger partial charge in [0.05, 0.1) is 25.4 Å². The van der Waals surface area contributed by atoms with Crippen molar-refractivity contribution in [1.29, 1.82) is 5.26 Å². The summed E-state index contributed by atoms with van der Waals surface area (Å²) in [5, 5.41) is 14.5. The topological polar surface area (TPSA) is 76.9 Å². The van der Waals surface area contributed by atoms with Crippen LogP contribution >= 0.6 is 15.9 Å². The Morgan fingerprint density at radius 3 is 2.73 bits per heavy atom. The number of hydrogen-bond donors (Lipinski definition) is 0. The molecule has 0 amide bonds. The van der Waals surface area contributed by atoms with Crippen molar-refractivity contribution in [3.05, 3.63) is 64.6 Å². The van der Waals surface area contributed by atoms with E-state index in [0.717, 1.165) is 27.8 Å². The monoisotopic (exact) mass is 408 g/mol. The molecular weight excluding hydrogens is 396 g/mol. The highest BCUT2D eigenvalue weighted by Crippen LogP contribution is 2.31. The summed E-state index contributed by atoms with van der Waals surface area (Å²) in [5.74, 6) is 1.21. The Morgan fingerprint density at radius 2 is 2.04 bits per heavy atom. The lowest BCUT2D eigenvalue weighted by Crippen LogP contribution is -2.01. The summed E-state index contributed by atoms with van der Waals surface area (Å²) in [6.07, 6.45) is 1.79. The highest BCUT2D eigenvalue weighted by atomic mass is 79.9. The summed E-state index contributed by atoms with van der Waals surface area (Å²) in [5.41, 5.74) is 3.10. The molecule has 0 unspecified atom stereocenters. The smallest absolute Gasteiger partial charge is 0.229 e. The minimum absolute atomic E-state index is 0.225. The number of hydrogen-bond acceptors (Lipinski definition) is 5. The number of fused-ring (bicyclic) bond motifs is 1. The van der Waals surface area contributed by atoms with Crippen molar-refractivity contribution in [3.8, 4) is 23.3 Å². The average Bonchev–Trinajstić information content (AvgIpc) is 3.25. The normalized spacial score (nSPS) is 10.8. The van der Waals surface area contributed by atoms with E-state index in [1.807, 2.05) is 53.2 Å². The highest BCUT2D eigenvalue weighted by Gasteiger charge is 2.16. The number of halogens is 1. The van der Waals surface area contributed by atoms with Gasteiger partial charge >= 0.3 is 0 Å². The van der Waals surface area contributed by atoms with Crippen LogP contribution in [0.15, 0.2) is 57.7 Å². The van der Waals surface area contributed by atoms with Gasteiger partial charge in [-0.3, -0.25) is 4.68 Å². The molecule has 4 rings (SSSR count). The zero-order chi connectivity index (χ0) is 18.1. The maximum absolute atomic E-state index is 9.07. The number of aromatic nitrogens is 3. The molecule has 0 bridgehead atoms. The number of nitrogens with zero attached hydrogens (tertiary/aromatic N) is 4. The molecule has 0 saturated heterocycles. The summed E-state index contributed by atoms with van der Waals surface area (Å²) in [7, 11) is 1.65. The van der Waals surface area contributed by atoms with Crippen LogP contribution in [0.3, 0.4) is 0 Å². The second kappa shape index (κ2) is 6.65. The van der Waals surface area contributed by atoms with Gasteiger partial charge in [0, 0.05) is 10.9 Å². The van der Waals surface area contributed by atoms with Crippen LogP contribution in [0.2, 0.25) is 0 Å². The molecule has 0 atom stereocenters. The lowest BCUT2D eigenvalue weighted by molar-refractivity contribution is 0.414. The van der Waals surface area contributed by atoms with Gasteiger partial charge in [-0.05, 0) is 45.8 Å². The van der Waals surface area contributed by atoms with Crippen molar-refractivity contribution in [2.45, 2.75) is 6.54 Å². The Balaban J connectivity index is 1.73. The Bertz CT molecular complexity index is 1120. The second-order valence-electron chi connectivity index (χ2n) is 5.64. The second-order valence-corrected chi connectivity index (χ2v) is 6.36. The number of nitriles is 1. The molecule has 0 N–H and O–H groups in total. The van der Waals surface area contributed by atoms with E-state index in [1.54, 1.807) is 13.3 Å². The van der Waals surface area contributed by atoms with Crippen molar-refractivity contribution < 1.29 is 9.15 Å². The molecular formula is C19H13BrN4O2. The summed E-state index contributed by atoms with van der Waals surface area (Å²) >= 11 is 3.22. The molecule has 2 aromatic heterocycles.